The monoisotopic (exact) mass is 266 g/mol. The van der Waals surface area contributed by atoms with Gasteiger partial charge in [-0.1, -0.05) is 23.8 Å². The first-order chi connectivity index (χ1) is 9.69. The van der Waals surface area contributed by atoms with Gasteiger partial charge in [-0.15, -0.1) is 0 Å². The molecule has 0 aliphatic rings. The molecule has 0 aliphatic heterocycles. The molecule has 0 aliphatic carbocycles. The van der Waals surface area contributed by atoms with Crippen molar-refractivity contribution in [3.8, 4) is 11.4 Å². The summed E-state index contributed by atoms with van der Waals surface area (Å²) in [6.45, 7) is 4.93. The summed E-state index contributed by atoms with van der Waals surface area (Å²) < 4.78 is 0. The van der Waals surface area contributed by atoms with Crippen LogP contribution in [0, 0.1) is 13.8 Å². The second-order valence-electron chi connectivity index (χ2n) is 5.07. The number of benzene rings is 1. The molecule has 3 aromatic rings. The summed E-state index contributed by atoms with van der Waals surface area (Å²) in [5.41, 5.74) is 5.39. The van der Waals surface area contributed by atoms with Crippen molar-refractivity contribution in [2.45, 2.75) is 20.4 Å². The largest absolute Gasteiger partial charge is 0.346 e. The molecule has 0 saturated carbocycles. The number of aromatic amines is 1. The maximum Gasteiger partial charge on any atom is 0.161 e. The van der Waals surface area contributed by atoms with Gasteiger partial charge in [0.1, 0.15) is 5.65 Å². The number of hydrogen-bond donors (Lipinski definition) is 2. The molecule has 4 heteroatoms. The predicted molar refractivity (Wildman–Crippen MR) is 81.6 cm³/mol. The van der Waals surface area contributed by atoms with Crippen molar-refractivity contribution in [2.24, 2.45) is 0 Å². The minimum Gasteiger partial charge on any atom is -0.346 e. The lowest BCUT2D eigenvalue weighted by Crippen LogP contribution is -2.05. The maximum absolute atomic E-state index is 4.67. The fraction of sp³-hybridized carbons (Fsp3) is 0.250. The molecule has 4 nitrogen and oxygen atoms in total. The van der Waals surface area contributed by atoms with Crippen molar-refractivity contribution in [1.82, 2.24) is 20.3 Å². The van der Waals surface area contributed by atoms with E-state index in [0.717, 1.165) is 34.7 Å². The van der Waals surface area contributed by atoms with Gasteiger partial charge in [-0.25, -0.2) is 9.97 Å². The third-order valence-corrected chi connectivity index (χ3v) is 3.44. The summed E-state index contributed by atoms with van der Waals surface area (Å²) in [6.07, 6.45) is 2.00. The smallest absolute Gasteiger partial charge is 0.161 e. The fourth-order valence-electron chi connectivity index (χ4n) is 2.53. The molecule has 2 aromatic heterocycles. The number of fused-ring (bicyclic) bond motifs is 1. The lowest BCUT2D eigenvalue weighted by atomic mass is 10.1. The van der Waals surface area contributed by atoms with E-state index >= 15 is 0 Å². The second-order valence-corrected chi connectivity index (χ2v) is 5.07. The van der Waals surface area contributed by atoms with Gasteiger partial charge < -0.3 is 10.3 Å². The van der Waals surface area contributed by atoms with Gasteiger partial charge in [0.15, 0.2) is 5.82 Å². The zero-order valence-electron chi connectivity index (χ0n) is 12.0. The first-order valence-corrected chi connectivity index (χ1v) is 6.75. The lowest BCUT2D eigenvalue weighted by Gasteiger charge is -2.05. The van der Waals surface area contributed by atoms with Crippen molar-refractivity contribution < 1.29 is 0 Å². The average Bonchev–Trinajstić information content (AvgIpc) is 2.83. The third-order valence-electron chi connectivity index (χ3n) is 3.44. The highest BCUT2D eigenvalue weighted by atomic mass is 15.0. The summed E-state index contributed by atoms with van der Waals surface area (Å²) >= 11 is 0. The van der Waals surface area contributed by atoms with Gasteiger partial charge in [0, 0.05) is 23.7 Å². The summed E-state index contributed by atoms with van der Waals surface area (Å²) in [5.74, 6) is 0.775. The van der Waals surface area contributed by atoms with Crippen LogP contribution in [0.3, 0.4) is 0 Å². The molecule has 2 N–H and O–H groups in total. The number of aromatic nitrogens is 3. The van der Waals surface area contributed by atoms with Gasteiger partial charge in [-0.3, -0.25) is 0 Å². The molecule has 0 bridgehead atoms. The first-order valence-electron chi connectivity index (χ1n) is 6.75. The van der Waals surface area contributed by atoms with E-state index in [0.29, 0.717) is 0 Å². The molecule has 0 fully saturated rings. The minimum atomic E-state index is 0.775. The molecule has 1 aromatic carbocycles. The Labute approximate surface area is 118 Å². The molecule has 0 spiro atoms. The van der Waals surface area contributed by atoms with E-state index in [1.807, 2.05) is 32.3 Å². The Bertz CT molecular complexity index is 758. The number of aryl methyl sites for hydroxylation is 2. The van der Waals surface area contributed by atoms with Crippen LogP contribution in [0.5, 0.6) is 0 Å². The Morgan fingerprint density at radius 2 is 2.05 bits per heavy atom. The van der Waals surface area contributed by atoms with Crippen molar-refractivity contribution in [1.29, 1.82) is 0 Å². The van der Waals surface area contributed by atoms with Crippen LogP contribution in [-0.2, 0) is 6.54 Å². The normalized spacial score (nSPS) is 11.2. The van der Waals surface area contributed by atoms with Crippen LogP contribution >= 0.6 is 0 Å². The summed E-state index contributed by atoms with van der Waals surface area (Å²) in [4.78, 5) is 12.6. The highest BCUT2D eigenvalue weighted by Gasteiger charge is 2.11. The van der Waals surface area contributed by atoms with E-state index in [2.05, 4.69) is 39.3 Å². The number of hydrogen-bond acceptors (Lipinski definition) is 3. The maximum atomic E-state index is 4.67. The van der Waals surface area contributed by atoms with Crippen molar-refractivity contribution >= 4 is 11.0 Å². The van der Waals surface area contributed by atoms with Crippen molar-refractivity contribution in [3.05, 3.63) is 47.3 Å². The van der Waals surface area contributed by atoms with Gasteiger partial charge in [0.2, 0.25) is 0 Å². The Morgan fingerprint density at radius 3 is 2.80 bits per heavy atom. The van der Waals surface area contributed by atoms with Crippen LogP contribution in [0.25, 0.3) is 22.4 Å². The fourth-order valence-corrected chi connectivity index (χ4v) is 2.53. The summed E-state index contributed by atoms with van der Waals surface area (Å²) in [7, 11) is 1.94. The molecule has 20 heavy (non-hydrogen) atoms. The predicted octanol–water partition coefficient (Wildman–Crippen LogP) is 2.96. The Balaban J connectivity index is 2.15. The van der Waals surface area contributed by atoms with Crippen LogP contribution in [0.4, 0.5) is 0 Å². The molecule has 0 atom stereocenters. The molecule has 102 valence electrons. The molecule has 2 heterocycles. The van der Waals surface area contributed by atoms with Gasteiger partial charge in [0.05, 0.1) is 5.69 Å². The molecule has 3 rings (SSSR count). The Morgan fingerprint density at radius 1 is 1.20 bits per heavy atom. The van der Waals surface area contributed by atoms with Crippen LogP contribution < -0.4 is 5.32 Å². The van der Waals surface area contributed by atoms with E-state index in [-0.39, 0.29) is 0 Å². The Hall–Kier alpha value is -2.20. The second kappa shape index (κ2) is 5.06. The van der Waals surface area contributed by atoms with Gasteiger partial charge in [-0.05, 0) is 32.5 Å². The highest BCUT2D eigenvalue weighted by molar-refractivity contribution is 5.83. The zero-order chi connectivity index (χ0) is 14.1. The van der Waals surface area contributed by atoms with Gasteiger partial charge in [0.25, 0.3) is 0 Å². The lowest BCUT2D eigenvalue weighted by molar-refractivity contribution is 0.822. The summed E-state index contributed by atoms with van der Waals surface area (Å²) in [6, 6.07) is 8.27. The zero-order valence-corrected chi connectivity index (χ0v) is 12.0. The van der Waals surface area contributed by atoms with E-state index in [9.17, 15) is 0 Å². The first kappa shape index (κ1) is 12.8. The number of nitrogens with zero attached hydrogens (tertiary/aromatic N) is 2. The summed E-state index contributed by atoms with van der Waals surface area (Å²) in [5, 5.41) is 4.29. The molecule has 0 radical (unpaired) electrons. The van der Waals surface area contributed by atoms with Crippen LogP contribution in [0.1, 0.15) is 16.8 Å². The molecular formula is C16H18N4. The van der Waals surface area contributed by atoms with Crippen LogP contribution in [0.2, 0.25) is 0 Å². The number of H-pyrrole nitrogens is 1. The number of rotatable bonds is 3. The minimum absolute atomic E-state index is 0.775. The van der Waals surface area contributed by atoms with Crippen LogP contribution in [-0.4, -0.2) is 22.0 Å². The number of nitrogens with one attached hydrogen (secondary N) is 2. The van der Waals surface area contributed by atoms with E-state index < -0.39 is 0 Å². The van der Waals surface area contributed by atoms with Crippen LogP contribution in [0.15, 0.2) is 30.5 Å². The van der Waals surface area contributed by atoms with Gasteiger partial charge >= 0.3 is 0 Å². The molecule has 0 amide bonds. The topological polar surface area (TPSA) is 53.6 Å². The van der Waals surface area contributed by atoms with E-state index in [1.54, 1.807) is 0 Å². The highest BCUT2D eigenvalue weighted by Crippen LogP contribution is 2.24. The van der Waals surface area contributed by atoms with Gasteiger partial charge in [-0.2, -0.15) is 0 Å². The van der Waals surface area contributed by atoms with E-state index in [4.69, 9.17) is 0 Å². The average molecular weight is 266 g/mol. The quantitative estimate of drug-likeness (QED) is 0.766. The standard InChI is InChI=1S/C16H18N4/c1-10-5-4-6-12(7-10)15-19-11(2)14-13(8-17-3)9-18-16(14)20-15/h4-7,9,17H,8H2,1-3H3,(H,18,19,20). The molecule has 0 unspecified atom stereocenters. The van der Waals surface area contributed by atoms with E-state index in [1.165, 1.54) is 11.1 Å². The van der Waals surface area contributed by atoms with Crippen molar-refractivity contribution in [2.75, 3.05) is 7.05 Å². The molecule has 0 saturated heterocycles. The third kappa shape index (κ3) is 2.18. The van der Waals surface area contributed by atoms with Crippen molar-refractivity contribution in [3.63, 3.8) is 0 Å². The molecular weight excluding hydrogens is 248 g/mol. The Kier molecular flexibility index (Phi) is 3.24. The SMILES string of the molecule is CNCc1c[nH]c2nc(-c3cccc(C)c3)nc(C)c12.